The number of benzene rings is 2. The molecule has 2 rings (SSSR count). The van der Waals surface area contributed by atoms with Gasteiger partial charge in [0.2, 0.25) is 5.91 Å². The third-order valence-electron chi connectivity index (χ3n) is 2.69. The number of aryl methyl sites for hydroxylation is 1. The maximum Gasteiger partial charge on any atom is 0.244 e. The number of nitrogens with one attached hydrogen (secondary N) is 1. The molecule has 0 unspecified atom stereocenters. The van der Waals surface area contributed by atoms with E-state index in [1.807, 2.05) is 61.5 Å². The molecule has 3 heteroatoms. The first-order valence-corrected chi connectivity index (χ1v) is 6.16. The Bertz CT molecular complexity index is 559. The fourth-order valence-electron chi connectivity index (χ4n) is 1.65. The summed E-state index contributed by atoms with van der Waals surface area (Å²) in [5.74, 6) is -0.115. The third kappa shape index (κ3) is 4.39. The minimum absolute atomic E-state index is 0.115. The second-order valence-corrected chi connectivity index (χ2v) is 4.37. The molecule has 0 aliphatic carbocycles. The van der Waals surface area contributed by atoms with Crippen LogP contribution in [0.5, 0.6) is 0 Å². The van der Waals surface area contributed by atoms with E-state index in [9.17, 15) is 4.79 Å². The number of hydrogen-bond acceptors (Lipinski definition) is 2. The molecular weight excluding hydrogens is 236 g/mol. The minimum atomic E-state index is -0.115. The Hall–Kier alpha value is -2.42. The van der Waals surface area contributed by atoms with Gasteiger partial charge in [0.1, 0.15) is 0 Å². The molecule has 0 aliphatic heterocycles. The highest BCUT2D eigenvalue weighted by atomic mass is 16.2. The van der Waals surface area contributed by atoms with Crippen LogP contribution in [-0.2, 0) is 11.2 Å². The molecule has 2 aromatic carbocycles. The number of rotatable bonds is 4. The number of hydrazone groups is 1. The zero-order valence-electron chi connectivity index (χ0n) is 10.8. The molecule has 0 saturated heterocycles. The van der Waals surface area contributed by atoms with Crippen LogP contribution in [0.1, 0.15) is 16.7 Å². The van der Waals surface area contributed by atoms with E-state index in [-0.39, 0.29) is 5.91 Å². The van der Waals surface area contributed by atoms with Gasteiger partial charge in [-0.05, 0) is 18.1 Å². The molecule has 0 fully saturated rings. The van der Waals surface area contributed by atoms with Crippen molar-refractivity contribution < 1.29 is 4.79 Å². The maximum absolute atomic E-state index is 11.7. The summed E-state index contributed by atoms with van der Waals surface area (Å²) in [6.07, 6.45) is 1.97. The summed E-state index contributed by atoms with van der Waals surface area (Å²) in [6.45, 7) is 2.02. The smallest absolute Gasteiger partial charge is 0.244 e. The van der Waals surface area contributed by atoms with Crippen LogP contribution in [0.15, 0.2) is 59.7 Å². The topological polar surface area (TPSA) is 41.5 Å². The van der Waals surface area contributed by atoms with Crippen molar-refractivity contribution in [3.8, 4) is 0 Å². The van der Waals surface area contributed by atoms with E-state index in [4.69, 9.17) is 0 Å². The Kier molecular flexibility index (Phi) is 4.45. The van der Waals surface area contributed by atoms with Gasteiger partial charge in [0, 0.05) is 0 Å². The van der Waals surface area contributed by atoms with Gasteiger partial charge < -0.3 is 0 Å². The SMILES string of the molecule is Cc1ccc(CC(=O)N/N=C/c2ccccc2)cc1. The Morgan fingerprint density at radius 2 is 1.79 bits per heavy atom. The van der Waals surface area contributed by atoms with Crippen LogP contribution < -0.4 is 5.43 Å². The molecule has 0 radical (unpaired) electrons. The summed E-state index contributed by atoms with van der Waals surface area (Å²) >= 11 is 0. The second-order valence-electron chi connectivity index (χ2n) is 4.37. The van der Waals surface area contributed by atoms with Crippen LogP contribution in [-0.4, -0.2) is 12.1 Å². The summed E-state index contributed by atoms with van der Waals surface area (Å²) < 4.78 is 0. The van der Waals surface area contributed by atoms with Crippen LogP contribution >= 0.6 is 0 Å². The lowest BCUT2D eigenvalue weighted by molar-refractivity contribution is -0.120. The predicted octanol–water partition coefficient (Wildman–Crippen LogP) is 2.69. The van der Waals surface area contributed by atoms with Crippen molar-refractivity contribution in [3.05, 3.63) is 71.3 Å². The van der Waals surface area contributed by atoms with Crippen LogP contribution in [0.25, 0.3) is 0 Å². The van der Waals surface area contributed by atoms with Crippen LogP contribution in [0, 0.1) is 6.92 Å². The van der Waals surface area contributed by atoms with E-state index in [2.05, 4.69) is 10.5 Å². The first-order chi connectivity index (χ1) is 9.24. The summed E-state index contributed by atoms with van der Waals surface area (Å²) in [7, 11) is 0. The Morgan fingerprint density at radius 1 is 1.11 bits per heavy atom. The van der Waals surface area contributed by atoms with Crippen molar-refractivity contribution in [2.24, 2.45) is 5.10 Å². The van der Waals surface area contributed by atoms with Crippen molar-refractivity contribution in [2.75, 3.05) is 0 Å². The number of nitrogens with zero attached hydrogens (tertiary/aromatic N) is 1. The minimum Gasteiger partial charge on any atom is -0.273 e. The number of amides is 1. The molecule has 0 heterocycles. The number of carbonyl (C=O) groups excluding carboxylic acids is 1. The molecule has 19 heavy (non-hydrogen) atoms. The fourth-order valence-corrected chi connectivity index (χ4v) is 1.65. The highest BCUT2D eigenvalue weighted by Gasteiger charge is 2.01. The zero-order chi connectivity index (χ0) is 13.5. The zero-order valence-corrected chi connectivity index (χ0v) is 10.8. The molecule has 96 valence electrons. The lowest BCUT2D eigenvalue weighted by Gasteiger charge is -2.01. The summed E-state index contributed by atoms with van der Waals surface area (Å²) in [4.78, 5) is 11.7. The van der Waals surface area contributed by atoms with Crippen molar-refractivity contribution in [1.82, 2.24) is 5.43 Å². The highest BCUT2D eigenvalue weighted by Crippen LogP contribution is 2.03. The second kappa shape index (κ2) is 6.50. The molecule has 0 aliphatic rings. The molecule has 1 N–H and O–H groups in total. The average molecular weight is 252 g/mol. The first kappa shape index (κ1) is 13.0. The van der Waals surface area contributed by atoms with E-state index in [0.717, 1.165) is 11.1 Å². The van der Waals surface area contributed by atoms with Crippen LogP contribution in [0.4, 0.5) is 0 Å². The molecule has 0 bridgehead atoms. The molecule has 2 aromatic rings. The van der Waals surface area contributed by atoms with E-state index in [1.165, 1.54) is 5.56 Å². The lowest BCUT2D eigenvalue weighted by Crippen LogP contribution is -2.19. The molecule has 0 saturated carbocycles. The normalized spacial score (nSPS) is 10.6. The monoisotopic (exact) mass is 252 g/mol. The maximum atomic E-state index is 11.7. The predicted molar refractivity (Wildman–Crippen MR) is 77.1 cm³/mol. The average Bonchev–Trinajstić information content (AvgIpc) is 2.43. The molecular formula is C16H16N2O. The van der Waals surface area contributed by atoms with E-state index >= 15 is 0 Å². The van der Waals surface area contributed by atoms with Gasteiger partial charge in [-0.15, -0.1) is 0 Å². The Balaban J connectivity index is 1.85. The fraction of sp³-hybridized carbons (Fsp3) is 0.125. The standard InChI is InChI=1S/C16H16N2O/c1-13-7-9-14(10-8-13)11-16(19)18-17-12-15-5-3-2-4-6-15/h2-10,12H,11H2,1H3,(H,18,19)/b17-12+. The van der Waals surface area contributed by atoms with Gasteiger partial charge in [0.05, 0.1) is 12.6 Å². The van der Waals surface area contributed by atoms with Gasteiger partial charge >= 0.3 is 0 Å². The van der Waals surface area contributed by atoms with Gasteiger partial charge in [-0.2, -0.15) is 5.10 Å². The van der Waals surface area contributed by atoms with Crippen molar-refractivity contribution >= 4 is 12.1 Å². The van der Waals surface area contributed by atoms with E-state index in [0.29, 0.717) is 6.42 Å². The van der Waals surface area contributed by atoms with Crippen molar-refractivity contribution in [2.45, 2.75) is 13.3 Å². The molecule has 1 amide bonds. The highest BCUT2D eigenvalue weighted by molar-refractivity contribution is 5.83. The van der Waals surface area contributed by atoms with Gasteiger partial charge in [-0.25, -0.2) is 5.43 Å². The number of hydrogen-bond donors (Lipinski definition) is 1. The van der Waals surface area contributed by atoms with Gasteiger partial charge in [-0.3, -0.25) is 4.79 Å². The van der Waals surface area contributed by atoms with Gasteiger partial charge in [-0.1, -0.05) is 60.2 Å². The van der Waals surface area contributed by atoms with Gasteiger partial charge in [0.15, 0.2) is 0 Å². The van der Waals surface area contributed by atoms with Crippen LogP contribution in [0.3, 0.4) is 0 Å². The third-order valence-corrected chi connectivity index (χ3v) is 2.69. The molecule has 0 spiro atoms. The number of carbonyl (C=O) groups is 1. The Labute approximate surface area is 113 Å². The molecule has 3 nitrogen and oxygen atoms in total. The van der Waals surface area contributed by atoms with Crippen molar-refractivity contribution in [1.29, 1.82) is 0 Å². The quantitative estimate of drug-likeness (QED) is 0.659. The van der Waals surface area contributed by atoms with Crippen LogP contribution in [0.2, 0.25) is 0 Å². The van der Waals surface area contributed by atoms with E-state index in [1.54, 1.807) is 6.21 Å². The lowest BCUT2D eigenvalue weighted by atomic mass is 10.1. The first-order valence-electron chi connectivity index (χ1n) is 6.16. The summed E-state index contributed by atoms with van der Waals surface area (Å²) in [6, 6.07) is 17.5. The molecule has 0 atom stereocenters. The largest absolute Gasteiger partial charge is 0.273 e. The summed E-state index contributed by atoms with van der Waals surface area (Å²) in [5.41, 5.74) is 5.65. The summed E-state index contributed by atoms with van der Waals surface area (Å²) in [5, 5.41) is 3.93. The Morgan fingerprint density at radius 3 is 2.47 bits per heavy atom. The molecule has 0 aromatic heterocycles. The van der Waals surface area contributed by atoms with Crippen molar-refractivity contribution in [3.63, 3.8) is 0 Å². The van der Waals surface area contributed by atoms with E-state index < -0.39 is 0 Å². The van der Waals surface area contributed by atoms with Gasteiger partial charge in [0.25, 0.3) is 0 Å².